The molecule has 0 fully saturated rings. The molecule has 0 unspecified atom stereocenters. The van der Waals surface area contributed by atoms with Crippen LogP contribution in [0.3, 0.4) is 0 Å². The van der Waals surface area contributed by atoms with Crippen molar-refractivity contribution in [1.82, 2.24) is 4.57 Å². The number of benzene rings is 1. The molecule has 2 rings (SSSR count). The Balaban J connectivity index is 2.83. The fourth-order valence-electron chi connectivity index (χ4n) is 3.76. The molecule has 236 valence electrons. The highest BCUT2D eigenvalue weighted by Crippen LogP contribution is 2.44. The van der Waals surface area contributed by atoms with Gasteiger partial charge in [0.2, 0.25) is 0 Å². The van der Waals surface area contributed by atoms with E-state index >= 15 is 0 Å². The Morgan fingerprint density at radius 3 is 1.41 bits per heavy atom. The van der Waals surface area contributed by atoms with Crippen molar-refractivity contribution in [3.63, 3.8) is 0 Å². The van der Waals surface area contributed by atoms with Gasteiger partial charge >= 0.3 is 0 Å². The summed E-state index contributed by atoms with van der Waals surface area (Å²) in [6.07, 6.45) is 3.48. The van der Waals surface area contributed by atoms with Crippen molar-refractivity contribution in [2.45, 2.75) is 141 Å². The summed E-state index contributed by atoms with van der Waals surface area (Å²) in [5.41, 5.74) is -0.490. The summed E-state index contributed by atoms with van der Waals surface area (Å²) < 4.78 is 24.0. The Hall–Kier alpha value is -0.359. The molecule has 0 aliphatic rings. The number of hydrogen-bond donors (Lipinski definition) is 0. The minimum atomic E-state index is -2.06. The van der Waals surface area contributed by atoms with Gasteiger partial charge < -0.3 is 17.8 Å². The van der Waals surface area contributed by atoms with Crippen molar-refractivity contribution in [3.8, 4) is 0 Å². The third-order valence-corrected chi connectivity index (χ3v) is 24.9. The van der Waals surface area contributed by atoms with Crippen LogP contribution in [0.2, 0.25) is 54.4 Å². The minimum absolute atomic E-state index is 0.112. The highest BCUT2D eigenvalue weighted by molar-refractivity contribution is 7.99. The maximum Gasteiger partial charge on any atom is 0.192 e. The predicted molar refractivity (Wildman–Crippen MR) is 190 cm³/mol. The molecule has 8 heteroatoms. The zero-order valence-corrected chi connectivity index (χ0v) is 33.3. The van der Waals surface area contributed by atoms with E-state index in [0.717, 1.165) is 12.2 Å². The van der Waals surface area contributed by atoms with E-state index in [9.17, 15) is 0 Å². The molecule has 0 atom stereocenters. The van der Waals surface area contributed by atoms with Gasteiger partial charge in [0.25, 0.3) is 0 Å². The predicted octanol–water partition coefficient (Wildman–Crippen LogP) is 10.9. The van der Waals surface area contributed by atoms with E-state index in [1.807, 2.05) is 11.8 Å². The van der Waals surface area contributed by atoms with Gasteiger partial charge in [-0.15, -0.1) is 11.8 Å². The molecule has 1 aromatic heterocycles. The molecule has 0 amide bonds. The van der Waals surface area contributed by atoms with Crippen LogP contribution in [-0.4, -0.2) is 55.1 Å². The van der Waals surface area contributed by atoms with Crippen molar-refractivity contribution in [3.05, 3.63) is 30.5 Å². The van der Waals surface area contributed by atoms with Gasteiger partial charge in [-0.25, -0.2) is 0 Å². The summed E-state index contributed by atoms with van der Waals surface area (Å²) in [5.74, 6) is 1.07. The van der Waals surface area contributed by atoms with E-state index < -0.39 is 30.5 Å². The monoisotopic (exact) mass is 637 g/mol. The molecule has 0 saturated heterocycles. The molecule has 0 radical (unpaired) electrons. The summed E-state index contributed by atoms with van der Waals surface area (Å²) in [6, 6.07) is 8.82. The smallest absolute Gasteiger partial charge is 0.192 e. The zero-order valence-electron chi connectivity index (χ0n) is 29.5. The second-order valence-corrected chi connectivity index (χ2v) is 32.1. The molecule has 0 aliphatic heterocycles. The van der Waals surface area contributed by atoms with E-state index in [1.54, 1.807) is 0 Å². The first-order chi connectivity index (χ1) is 18.4. The fraction of sp³-hybridized carbons (Fsp3) is 0.758. The van der Waals surface area contributed by atoms with Crippen LogP contribution in [0, 0.1) is 0 Å². The van der Waals surface area contributed by atoms with Gasteiger partial charge in [0.05, 0.1) is 24.8 Å². The van der Waals surface area contributed by atoms with E-state index in [2.05, 4.69) is 144 Å². The first kappa shape index (κ1) is 36.8. The van der Waals surface area contributed by atoms with Crippen LogP contribution in [0.1, 0.15) is 75.7 Å². The van der Waals surface area contributed by atoms with Crippen molar-refractivity contribution >= 4 is 47.5 Å². The number of thioether (sulfide) groups is 1. The third-order valence-electron chi connectivity index (χ3n) is 10.2. The Labute approximate surface area is 261 Å². The largest absolute Gasteiger partial charge is 0.414 e. The third kappa shape index (κ3) is 8.64. The number of rotatable bonds is 13. The van der Waals surface area contributed by atoms with E-state index in [4.69, 9.17) is 13.3 Å². The Morgan fingerprint density at radius 2 is 1.05 bits per heavy atom. The molecule has 4 nitrogen and oxygen atoms in total. The first-order valence-corrected chi connectivity index (χ1v) is 25.3. The van der Waals surface area contributed by atoms with Gasteiger partial charge in [-0.05, 0) is 66.6 Å². The molecule has 0 saturated carbocycles. The van der Waals surface area contributed by atoms with Gasteiger partial charge in [-0.1, -0.05) is 93.5 Å². The summed E-state index contributed by atoms with van der Waals surface area (Å²) in [7, 11) is -6.18. The minimum Gasteiger partial charge on any atom is -0.414 e. The van der Waals surface area contributed by atoms with Crippen molar-refractivity contribution in [2.75, 3.05) is 25.6 Å². The van der Waals surface area contributed by atoms with Crippen molar-refractivity contribution in [1.29, 1.82) is 0 Å². The highest BCUT2D eigenvalue weighted by atomic mass is 32.2. The standard InChI is InChI=1S/C33H63NO3SSi3/c1-17-22-38-29-28-21-19-18-20-27(28)23-34(29)33(24-35-39(11,12)30(2,3)4,25-36-40(13,14)31(5,6)7)26-37-41(15,16)32(8,9)10/h18-21,23H,17,22,24-26H2,1-16H3. The molecule has 1 aromatic carbocycles. The Morgan fingerprint density at radius 1 is 0.659 bits per heavy atom. The molecule has 0 spiro atoms. The normalized spacial score (nSPS) is 14.7. The topological polar surface area (TPSA) is 32.6 Å². The fourth-order valence-corrected chi connectivity index (χ4v) is 8.07. The van der Waals surface area contributed by atoms with Gasteiger partial charge in [-0.3, -0.25) is 0 Å². The van der Waals surface area contributed by atoms with Gasteiger partial charge in [0.15, 0.2) is 25.0 Å². The van der Waals surface area contributed by atoms with Crippen LogP contribution >= 0.6 is 11.8 Å². The number of nitrogens with zero attached hydrogens (tertiary/aromatic N) is 1. The molecular weight excluding hydrogens is 575 g/mol. The van der Waals surface area contributed by atoms with Crippen LogP contribution in [0.5, 0.6) is 0 Å². The van der Waals surface area contributed by atoms with Crippen LogP contribution in [-0.2, 0) is 18.8 Å². The molecule has 1 heterocycles. The van der Waals surface area contributed by atoms with Crippen molar-refractivity contribution in [2.24, 2.45) is 0 Å². The summed E-state index contributed by atoms with van der Waals surface area (Å²) in [4.78, 5) is 0. The number of hydrogen-bond acceptors (Lipinski definition) is 4. The zero-order chi connectivity index (χ0) is 31.7. The van der Waals surface area contributed by atoms with Crippen LogP contribution in [0.25, 0.3) is 10.8 Å². The number of aromatic nitrogens is 1. The molecule has 0 bridgehead atoms. The maximum atomic E-state index is 7.15. The van der Waals surface area contributed by atoms with Gasteiger partial charge in [0, 0.05) is 17.0 Å². The quantitative estimate of drug-likeness (QED) is 0.162. The molecule has 0 aliphatic carbocycles. The maximum absolute atomic E-state index is 7.15. The SMILES string of the molecule is CCCSc1c2ccccc2cn1C(CO[Si](C)(C)C(C)(C)C)(CO[Si](C)(C)C(C)(C)C)CO[Si](C)(C)C(C)(C)C. The van der Waals surface area contributed by atoms with Crippen LogP contribution in [0.15, 0.2) is 35.5 Å². The Kier molecular flexibility index (Phi) is 11.6. The van der Waals surface area contributed by atoms with E-state index in [1.165, 1.54) is 15.8 Å². The van der Waals surface area contributed by atoms with Gasteiger partial charge in [-0.2, -0.15) is 0 Å². The lowest BCUT2D eigenvalue weighted by Gasteiger charge is -2.47. The molecular formula is C33H63NO3SSi3. The van der Waals surface area contributed by atoms with E-state index in [-0.39, 0.29) is 15.1 Å². The lowest BCUT2D eigenvalue weighted by atomic mass is 10.0. The lowest BCUT2D eigenvalue weighted by molar-refractivity contribution is 0.0227. The summed E-state index contributed by atoms with van der Waals surface area (Å²) in [5, 5.41) is 4.21. The summed E-state index contributed by atoms with van der Waals surface area (Å²) in [6.45, 7) is 39.1. The van der Waals surface area contributed by atoms with Crippen molar-refractivity contribution < 1.29 is 13.3 Å². The second-order valence-electron chi connectivity index (χ2n) is 16.6. The highest BCUT2D eigenvalue weighted by Gasteiger charge is 2.47. The molecule has 2 aromatic rings. The average molecular weight is 638 g/mol. The number of fused-ring (bicyclic) bond motifs is 1. The van der Waals surface area contributed by atoms with Gasteiger partial charge in [0.1, 0.15) is 5.54 Å². The van der Waals surface area contributed by atoms with Crippen LogP contribution in [0.4, 0.5) is 0 Å². The Bertz CT molecular complexity index is 1060. The second kappa shape index (κ2) is 12.9. The first-order valence-electron chi connectivity index (χ1n) is 15.6. The average Bonchev–Trinajstić information content (AvgIpc) is 3.19. The molecule has 41 heavy (non-hydrogen) atoms. The lowest BCUT2D eigenvalue weighted by Crippen LogP contribution is -2.56. The van der Waals surface area contributed by atoms with E-state index in [0.29, 0.717) is 19.8 Å². The summed E-state index contributed by atoms with van der Waals surface area (Å²) >= 11 is 1.96. The van der Waals surface area contributed by atoms with Crippen LogP contribution < -0.4 is 0 Å². The molecule has 0 N–H and O–H groups in total.